The summed E-state index contributed by atoms with van der Waals surface area (Å²) in [4.78, 5) is 23.3. The third-order valence-corrected chi connectivity index (χ3v) is 3.58. The molecule has 1 amide bonds. The molecule has 2 N–H and O–H groups in total. The summed E-state index contributed by atoms with van der Waals surface area (Å²) in [5, 5.41) is 11.7. The predicted octanol–water partition coefficient (Wildman–Crippen LogP) is 2.97. The second-order valence-electron chi connectivity index (χ2n) is 5.52. The van der Waals surface area contributed by atoms with Crippen LogP contribution in [0.2, 0.25) is 0 Å². The lowest BCUT2D eigenvalue weighted by Gasteiger charge is -2.21. The van der Waals surface area contributed by atoms with Crippen LogP contribution in [0.25, 0.3) is 0 Å². The van der Waals surface area contributed by atoms with E-state index in [2.05, 4.69) is 5.32 Å². The molecule has 2 atom stereocenters. The van der Waals surface area contributed by atoms with Gasteiger partial charge in [-0.25, -0.2) is 9.59 Å². The maximum Gasteiger partial charge on any atom is 0.408 e. The fourth-order valence-electron chi connectivity index (χ4n) is 2.17. The van der Waals surface area contributed by atoms with Gasteiger partial charge < -0.3 is 19.9 Å². The molecular formula is C19H21NO5. The molecule has 2 aromatic carbocycles. The molecule has 6 heteroatoms. The van der Waals surface area contributed by atoms with Crippen molar-refractivity contribution in [1.82, 2.24) is 5.32 Å². The zero-order valence-electron chi connectivity index (χ0n) is 13.9. The number of benzene rings is 2. The van der Waals surface area contributed by atoms with Gasteiger partial charge in [0, 0.05) is 0 Å². The van der Waals surface area contributed by atoms with Crippen LogP contribution < -0.4 is 5.32 Å². The Labute approximate surface area is 146 Å². The number of carbonyl (C=O) groups is 2. The summed E-state index contributed by atoms with van der Waals surface area (Å²) in [5.74, 6) is -1.18. The molecule has 0 saturated carbocycles. The van der Waals surface area contributed by atoms with Crippen LogP contribution in [0.5, 0.6) is 0 Å². The maximum atomic E-state index is 11.9. The van der Waals surface area contributed by atoms with Gasteiger partial charge >= 0.3 is 12.1 Å². The number of carbonyl (C=O) groups excluding carboxylic acids is 1. The molecule has 0 saturated heterocycles. The largest absolute Gasteiger partial charge is 0.480 e. The monoisotopic (exact) mass is 343 g/mol. The Hall–Kier alpha value is -2.86. The Morgan fingerprint density at radius 3 is 2.00 bits per heavy atom. The normalized spacial score (nSPS) is 12.8. The molecule has 0 aromatic heterocycles. The third-order valence-electron chi connectivity index (χ3n) is 3.58. The van der Waals surface area contributed by atoms with Crippen molar-refractivity contribution in [1.29, 1.82) is 0 Å². The van der Waals surface area contributed by atoms with Crippen molar-refractivity contribution in [2.24, 2.45) is 0 Å². The first-order chi connectivity index (χ1) is 12.1. The van der Waals surface area contributed by atoms with E-state index in [9.17, 15) is 14.7 Å². The predicted molar refractivity (Wildman–Crippen MR) is 91.9 cm³/mol. The average molecular weight is 343 g/mol. The van der Waals surface area contributed by atoms with E-state index in [4.69, 9.17) is 9.47 Å². The van der Waals surface area contributed by atoms with E-state index < -0.39 is 24.2 Å². The number of hydrogen-bond acceptors (Lipinski definition) is 4. The van der Waals surface area contributed by atoms with E-state index in [1.807, 2.05) is 60.7 Å². The Morgan fingerprint density at radius 2 is 1.48 bits per heavy atom. The topological polar surface area (TPSA) is 84.9 Å². The molecule has 0 aliphatic rings. The molecule has 2 aromatic rings. The van der Waals surface area contributed by atoms with Crippen LogP contribution in [-0.2, 0) is 27.5 Å². The number of carboxylic acid groups (broad SMARTS) is 1. The SMILES string of the molecule is C[C@@H](OCc1ccccc1)[C@H](NC(=O)OCc1ccccc1)C(=O)O. The Balaban J connectivity index is 1.84. The smallest absolute Gasteiger partial charge is 0.408 e. The Morgan fingerprint density at radius 1 is 0.960 bits per heavy atom. The van der Waals surface area contributed by atoms with Gasteiger partial charge in [0.15, 0.2) is 6.04 Å². The molecule has 0 radical (unpaired) electrons. The fourth-order valence-corrected chi connectivity index (χ4v) is 2.17. The van der Waals surface area contributed by atoms with Gasteiger partial charge in [-0.2, -0.15) is 0 Å². The molecule has 0 heterocycles. The number of carboxylic acids is 1. The van der Waals surface area contributed by atoms with Gasteiger partial charge in [-0.05, 0) is 18.1 Å². The molecule has 0 fully saturated rings. The van der Waals surface area contributed by atoms with Crippen molar-refractivity contribution in [3.63, 3.8) is 0 Å². The van der Waals surface area contributed by atoms with Crippen LogP contribution in [0.4, 0.5) is 4.79 Å². The highest BCUT2D eigenvalue weighted by Gasteiger charge is 2.28. The summed E-state index contributed by atoms with van der Waals surface area (Å²) in [6.45, 7) is 1.92. The highest BCUT2D eigenvalue weighted by Crippen LogP contribution is 2.07. The van der Waals surface area contributed by atoms with Crippen molar-refractivity contribution in [2.75, 3.05) is 0 Å². The minimum absolute atomic E-state index is 0.0677. The number of hydrogen-bond donors (Lipinski definition) is 2. The van der Waals surface area contributed by atoms with Crippen LogP contribution in [-0.4, -0.2) is 29.3 Å². The van der Waals surface area contributed by atoms with Crippen LogP contribution in [0.1, 0.15) is 18.1 Å². The van der Waals surface area contributed by atoms with Crippen molar-refractivity contribution in [2.45, 2.75) is 32.3 Å². The minimum atomic E-state index is -1.20. The molecule has 0 spiro atoms. The van der Waals surface area contributed by atoms with Gasteiger partial charge in [-0.1, -0.05) is 60.7 Å². The molecule has 0 aliphatic carbocycles. The number of amides is 1. The average Bonchev–Trinajstić information content (AvgIpc) is 2.64. The van der Waals surface area contributed by atoms with Crippen molar-refractivity contribution in [3.8, 4) is 0 Å². The Kier molecular flexibility index (Phi) is 6.98. The van der Waals surface area contributed by atoms with Gasteiger partial charge in [0.2, 0.25) is 0 Å². The van der Waals surface area contributed by atoms with E-state index in [0.29, 0.717) is 0 Å². The van der Waals surface area contributed by atoms with Crippen molar-refractivity contribution < 1.29 is 24.2 Å². The van der Waals surface area contributed by atoms with E-state index in [0.717, 1.165) is 11.1 Å². The molecule has 0 bridgehead atoms. The lowest BCUT2D eigenvalue weighted by molar-refractivity contribution is -0.143. The third kappa shape index (κ3) is 6.27. The number of nitrogens with one attached hydrogen (secondary N) is 1. The standard InChI is InChI=1S/C19H21NO5/c1-14(24-12-15-8-4-2-5-9-15)17(18(21)22)20-19(23)25-13-16-10-6-3-7-11-16/h2-11,14,17H,12-13H2,1H3,(H,20,23)(H,21,22)/t14-,17+/m1/s1. The molecule has 0 aliphatic heterocycles. The first kappa shape index (κ1) is 18.5. The summed E-state index contributed by atoms with van der Waals surface area (Å²) in [6, 6.07) is 17.3. The molecule has 0 unspecified atom stereocenters. The number of alkyl carbamates (subject to hydrolysis) is 1. The zero-order chi connectivity index (χ0) is 18.1. The van der Waals surface area contributed by atoms with Crippen LogP contribution in [0.15, 0.2) is 60.7 Å². The number of ether oxygens (including phenoxy) is 2. The number of aliphatic carboxylic acids is 1. The quantitative estimate of drug-likeness (QED) is 0.770. The van der Waals surface area contributed by atoms with Crippen LogP contribution >= 0.6 is 0 Å². The van der Waals surface area contributed by atoms with E-state index in [-0.39, 0.29) is 13.2 Å². The summed E-state index contributed by atoms with van der Waals surface area (Å²) >= 11 is 0. The highest BCUT2D eigenvalue weighted by atomic mass is 16.5. The van der Waals surface area contributed by atoms with Crippen LogP contribution in [0.3, 0.4) is 0 Å². The lowest BCUT2D eigenvalue weighted by Crippen LogP contribution is -2.48. The second-order valence-corrected chi connectivity index (χ2v) is 5.52. The minimum Gasteiger partial charge on any atom is -0.480 e. The first-order valence-electron chi connectivity index (χ1n) is 7.92. The van der Waals surface area contributed by atoms with E-state index >= 15 is 0 Å². The highest BCUT2D eigenvalue weighted by molar-refractivity contribution is 5.80. The van der Waals surface area contributed by atoms with Gasteiger partial charge in [0.05, 0.1) is 12.7 Å². The summed E-state index contributed by atoms with van der Waals surface area (Å²) < 4.78 is 10.6. The van der Waals surface area contributed by atoms with E-state index in [1.54, 1.807) is 6.92 Å². The summed E-state index contributed by atoms with van der Waals surface area (Å²) in [7, 11) is 0. The molecule has 25 heavy (non-hydrogen) atoms. The fraction of sp³-hybridized carbons (Fsp3) is 0.263. The molecular weight excluding hydrogens is 322 g/mol. The summed E-state index contributed by atoms with van der Waals surface area (Å²) in [6.07, 6.45) is -1.52. The van der Waals surface area contributed by atoms with Gasteiger partial charge in [-0.15, -0.1) is 0 Å². The lowest BCUT2D eigenvalue weighted by atomic mass is 10.2. The van der Waals surface area contributed by atoms with Gasteiger partial charge in [0.1, 0.15) is 6.61 Å². The zero-order valence-corrected chi connectivity index (χ0v) is 13.9. The van der Waals surface area contributed by atoms with Gasteiger partial charge in [0.25, 0.3) is 0 Å². The maximum absolute atomic E-state index is 11.9. The van der Waals surface area contributed by atoms with Gasteiger partial charge in [-0.3, -0.25) is 0 Å². The first-order valence-corrected chi connectivity index (χ1v) is 7.92. The van der Waals surface area contributed by atoms with Crippen molar-refractivity contribution >= 4 is 12.1 Å². The van der Waals surface area contributed by atoms with Crippen molar-refractivity contribution in [3.05, 3.63) is 71.8 Å². The molecule has 2 rings (SSSR count). The Bertz CT molecular complexity index is 675. The second kappa shape index (κ2) is 9.44. The van der Waals surface area contributed by atoms with E-state index in [1.165, 1.54) is 0 Å². The molecule has 132 valence electrons. The summed E-state index contributed by atoms with van der Waals surface area (Å²) in [5.41, 5.74) is 1.74. The van der Waals surface area contributed by atoms with Crippen LogP contribution in [0, 0.1) is 0 Å². The number of rotatable bonds is 8. The molecule has 6 nitrogen and oxygen atoms in total.